The molecule has 6 nitrogen and oxygen atoms in total. The number of nitrogens with zero attached hydrogens (tertiary/aromatic N) is 1. The fraction of sp³-hybridized carbons (Fsp3) is 0.333. The number of fused-ring (bicyclic) bond motifs is 1. The first-order chi connectivity index (χ1) is 13.1. The molecule has 0 aliphatic carbocycles. The minimum Gasteiger partial charge on any atom is -0.490 e. The first-order valence-electron chi connectivity index (χ1n) is 9.14. The average Bonchev–Trinajstić information content (AvgIpc) is 3.06. The summed E-state index contributed by atoms with van der Waals surface area (Å²) in [5, 5.41) is 7.88. The molecule has 0 spiro atoms. The van der Waals surface area contributed by atoms with Crippen LogP contribution in [0.25, 0.3) is 11.0 Å². The Morgan fingerprint density at radius 1 is 1.11 bits per heavy atom. The molecule has 1 aromatic heterocycles. The van der Waals surface area contributed by atoms with E-state index in [1.165, 1.54) is 0 Å². The lowest BCUT2D eigenvalue weighted by atomic mass is 10.1. The van der Waals surface area contributed by atoms with E-state index in [9.17, 15) is 4.79 Å². The largest absolute Gasteiger partial charge is 0.490 e. The second-order valence-electron chi connectivity index (χ2n) is 6.16. The van der Waals surface area contributed by atoms with Crippen LogP contribution in [0.1, 0.15) is 38.1 Å². The van der Waals surface area contributed by atoms with Crippen LogP contribution in [0.3, 0.4) is 0 Å². The molecule has 6 heteroatoms. The summed E-state index contributed by atoms with van der Waals surface area (Å²) in [5.41, 5.74) is 2.26. The van der Waals surface area contributed by atoms with Gasteiger partial charge in [-0.05, 0) is 50.6 Å². The Kier molecular flexibility index (Phi) is 5.96. The van der Waals surface area contributed by atoms with Gasteiger partial charge in [0.25, 0.3) is 0 Å². The third kappa shape index (κ3) is 4.39. The third-order valence-corrected chi connectivity index (χ3v) is 4.23. The number of rotatable bonds is 8. The molecule has 1 amide bonds. The molecule has 1 atom stereocenters. The molecular weight excluding hydrogens is 344 g/mol. The van der Waals surface area contributed by atoms with Gasteiger partial charge in [0.1, 0.15) is 5.69 Å². The van der Waals surface area contributed by atoms with Crippen molar-refractivity contribution in [3.8, 4) is 11.5 Å². The quantitative estimate of drug-likeness (QED) is 0.649. The average molecular weight is 368 g/mol. The molecule has 0 aliphatic heterocycles. The molecule has 1 N–H and O–H groups in total. The first kappa shape index (κ1) is 18.8. The highest BCUT2D eigenvalue weighted by molar-refractivity contribution is 5.86. The van der Waals surface area contributed by atoms with Crippen molar-refractivity contribution in [3.05, 3.63) is 53.7 Å². The van der Waals surface area contributed by atoms with Crippen LogP contribution in [0.5, 0.6) is 11.5 Å². The zero-order valence-corrected chi connectivity index (χ0v) is 15.8. The van der Waals surface area contributed by atoms with Crippen LogP contribution >= 0.6 is 0 Å². The molecule has 3 aromatic rings. The fourth-order valence-electron chi connectivity index (χ4n) is 2.93. The molecule has 142 valence electrons. The summed E-state index contributed by atoms with van der Waals surface area (Å²) in [6.45, 7) is 6.90. The van der Waals surface area contributed by atoms with Gasteiger partial charge in [0, 0.05) is 5.39 Å². The van der Waals surface area contributed by atoms with Gasteiger partial charge in [-0.15, -0.1) is 0 Å². The Balaban J connectivity index is 1.69. The molecule has 0 aliphatic rings. The Morgan fingerprint density at radius 3 is 2.63 bits per heavy atom. The van der Waals surface area contributed by atoms with E-state index in [0.29, 0.717) is 36.0 Å². The van der Waals surface area contributed by atoms with Crippen molar-refractivity contribution in [3.63, 3.8) is 0 Å². The number of ether oxygens (including phenoxy) is 2. The predicted octanol–water partition coefficient (Wildman–Crippen LogP) is 4.05. The van der Waals surface area contributed by atoms with Crippen molar-refractivity contribution in [1.29, 1.82) is 0 Å². The highest BCUT2D eigenvalue weighted by atomic mass is 16.5. The number of benzene rings is 2. The number of amides is 1. The second-order valence-corrected chi connectivity index (χ2v) is 6.16. The van der Waals surface area contributed by atoms with Crippen LogP contribution in [0.4, 0.5) is 0 Å². The zero-order chi connectivity index (χ0) is 19.2. The number of nitrogens with one attached hydrogen (secondary N) is 1. The maximum absolute atomic E-state index is 12.5. The van der Waals surface area contributed by atoms with Gasteiger partial charge in [0.05, 0.1) is 25.7 Å². The molecule has 2 aromatic carbocycles. The summed E-state index contributed by atoms with van der Waals surface area (Å²) in [4.78, 5) is 12.5. The predicted molar refractivity (Wildman–Crippen MR) is 103 cm³/mol. The molecule has 0 saturated heterocycles. The summed E-state index contributed by atoms with van der Waals surface area (Å²) in [7, 11) is 0. The normalized spacial score (nSPS) is 12.0. The maximum atomic E-state index is 12.5. The minimum atomic E-state index is -0.175. The Hall–Kier alpha value is -3.02. The zero-order valence-electron chi connectivity index (χ0n) is 15.8. The van der Waals surface area contributed by atoms with E-state index in [0.717, 1.165) is 10.9 Å². The van der Waals surface area contributed by atoms with Crippen molar-refractivity contribution in [2.24, 2.45) is 0 Å². The molecule has 3 rings (SSSR count). The van der Waals surface area contributed by atoms with Crippen molar-refractivity contribution in [2.45, 2.75) is 33.2 Å². The van der Waals surface area contributed by atoms with Gasteiger partial charge in [0.15, 0.2) is 17.1 Å². The van der Waals surface area contributed by atoms with E-state index in [4.69, 9.17) is 14.0 Å². The lowest BCUT2D eigenvalue weighted by Crippen LogP contribution is -2.28. The van der Waals surface area contributed by atoms with Crippen LogP contribution in [-0.2, 0) is 11.2 Å². The van der Waals surface area contributed by atoms with E-state index in [2.05, 4.69) is 10.5 Å². The van der Waals surface area contributed by atoms with Crippen LogP contribution in [0.2, 0.25) is 0 Å². The highest BCUT2D eigenvalue weighted by Crippen LogP contribution is 2.30. The van der Waals surface area contributed by atoms with Gasteiger partial charge in [-0.1, -0.05) is 23.4 Å². The molecule has 0 bridgehead atoms. The Morgan fingerprint density at radius 2 is 1.85 bits per heavy atom. The summed E-state index contributed by atoms with van der Waals surface area (Å²) < 4.78 is 16.5. The monoisotopic (exact) mass is 368 g/mol. The van der Waals surface area contributed by atoms with E-state index >= 15 is 0 Å². The highest BCUT2D eigenvalue weighted by Gasteiger charge is 2.16. The Bertz CT molecular complexity index is 919. The number of hydrogen-bond acceptors (Lipinski definition) is 5. The number of aromatic nitrogens is 1. The number of para-hydroxylation sites is 1. The van der Waals surface area contributed by atoms with Gasteiger partial charge in [-0.3, -0.25) is 4.79 Å². The van der Waals surface area contributed by atoms with Crippen molar-refractivity contribution in [1.82, 2.24) is 10.5 Å². The molecule has 27 heavy (non-hydrogen) atoms. The molecule has 0 unspecified atom stereocenters. The minimum absolute atomic E-state index is 0.117. The van der Waals surface area contributed by atoms with Gasteiger partial charge in [-0.25, -0.2) is 0 Å². The lowest BCUT2D eigenvalue weighted by Gasteiger charge is -2.17. The Labute approximate surface area is 158 Å². The third-order valence-electron chi connectivity index (χ3n) is 4.23. The molecule has 0 radical (unpaired) electrons. The van der Waals surface area contributed by atoms with Crippen LogP contribution < -0.4 is 14.8 Å². The van der Waals surface area contributed by atoms with E-state index < -0.39 is 0 Å². The van der Waals surface area contributed by atoms with E-state index in [1.807, 2.05) is 63.2 Å². The summed E-state index contributed by atoms with van der Waals surface area (Å²) >= 11 is 0. The molecule has 1 heterocycles. The van der Waals surface area contributed by atoms with Crippen LogP contribution in [0.15, 0.2) is 47.0 Å². The van der Waals surface area contributed by atoms with Crippen molar-refractivity contribution < 1.29 is 18.8 Å². The molecule has 0 fully saturated rings. The summed E-state index contributed by atoms with van der Waals surface area (Å²) in [5.74, 6) is 1.27. The smallest absolute Gasteiger partial charge is 0.226 e. The van der Waals surface area contributed by atoms with Gasteiger partial charge in [0.2, 0.25) is 5.91 Å². The topological polar surface area (TPSA) is 73.6 Å². The lowest BCUT2D eigenvalue weighted by molar-refractivity contribution is -0.121. The SMILES string of the molecule is CCOc1ccc([C@H](C)NC(=O)Cc2noc3ccccc23)cc1OCC. The van der Waals surface area contributed by atoms with Gasteiger partial charge >= 0.3 is 0 Å². The number of hydrogen-bond donors (Lipinski definition) is 1. The van der Waals surface area contributed by atoms with Gasteiger partial charge < -0.3 is 19.3 Å². The van der Waals surface area contributed by atoms with E-state index in [1.54, 1.807) is 0 Å². The molecule has 0 saturated carbocycles. The molecular formula is C21H24N2O4. The fourth-order valence-corrected chi connectivity index (χ4v) is 2.93. The summed E-state index contributed by atoms with van der Waals surface area (Å²) in [6, 6.07) is 13.1. The summed E-state index contributed by atoms with van der Waals surface area (Å²) in [6.07, 6.45) is 0.163. The number of carbonyl (C=O) groups excluding carboxylic acids is 1. The van der Waals surface area contributed by atoms with Crippen molar-refractivity contribution in [2.75, 3.05) is 13.2 Å². The standard InChI is InChI=1S/C21H24N2O4/c1-4-25-19-11-10-15(12-20(19)26-5-2)14(3)22-21(24)13-17-16-8-6-7-9-18(16)27-23-17/h6-12,14H,4-5,13H2,1-3H3,(H,22,24)/t14-/m0/s1. The van der Waals surface area contributed by atoms with Crippen LogP contribution in [-0.4, -0.2) is 24.3 Å². The van der Waals surface area contributed by atoms with Crippen molar-refractivity contribution >= 4 is 16.9 Å². The maximum Gasteiger partial charge on any atom is 0.226 e. The van der Waals surface area contributed by atoms with Gasteiger partial charge in [-0.2, -0.15) is 0 Å². The first-order valence-corrected chi connectivity index (χ1v) is 9.14. The van der Waals surface area contributed by atoms with Crippen LogP contribution in [0, 0.1) is 0 Å². The van der Waals surface area contributed by atoms with E-state index in [-0.39, 0.29) is 18.4 Å². The second kappa shape index (κ2) is 8.58. The number of carbonyl (C=O) groups is 1.